The largest absolute Gasteiger partial charge is 0.454 e. The molecule has 0 saturated carbocycles. The summed E-state index contributed by atoms with van der Waals surface area (Å²) in [7, 11) is 1.52. The highest BCUT2D eigenvalue weighted by atomic mass is 16.5. The molecule has 0 aliphatic carbocycles. The number of carbonyl (C=O) groups is 3. The molecule has 0 saturated heterocycles. The molecular weight excluding hydrogens is 300 g/mol. The maximum atomic E-state index is 12.0. The molecule has 126 valence electrons. The molecule has 0 spiro atoms. The monoisotopic (exact) mass is 322 g/mol. The van der Waals surface area contributed by atoms with Crippen molar-refractivity contribution >= 4 is 17.8 Å². The van der Waals surface area contributed by atoms with Gasteiger partial charge in [0.05, 0.1) is 6.61 Å². The second-order valence-electron chi connectivity index (χ2n) is 5.02. The highest BCUT2D eigenvalue weighted by Gasteiger charge is 2.19. The molecule has 1 atom stereocenters. The van der Waals surface area contributed by atoms with Crippen LogP contribution in [0.4, 0.5) is 0 Å². The number of carbonyl (C=O) groups excluding carboxylic acids is 3. The Morgan fingerprint density at radius 2 is 2.00 bits per heavy atom. The van der Waals surface area contributed by atoms with Crippen molar-refractivity contribution in [3.63, 3.8) is 0 Å². The summed E-state index contributed by atoms with van der Waals surface area (Å²) < 4.78 is 9.63. The molecule has 0 heterocycles. The second kappa shape index (κ2) is 9.58. The lowest BCUT2D eigenvalue weighted by Gasteiger charge is -2.13. The summed E-state index contributed by atoms with van der Waals surface area (Å²) in [5.41, 5.74) is 1.41. The first-order valence-corrected chi connectivity index (χ1v) is 7.24. The van der Waals surface area contributed by atoms with Gasteiger partial charge in [0.1, 0.15) is 6.04 Å². The fourth-order valence-corrected chi connectivity index (χ4v) is 1.73. The van der Waals surface area contributed by atoms with Crippen molar-refractivity contribution in [2.24, 2.45) is 0 Å². The van der Waals surface area contributed by atoms with Crippen molar-refractivity contribution in [3.8, 4) is 0 Å². The van der Waals surface area contributed by atoms with Gasteiger partial charge in [0, 0.05) is 19.2 Å². The van der Waals surface area contributed by atoms with Gasteiger partial charge in [-0.3, -0.25) is 9.59 Å². The van der Waals surface area contributed by atoms with Gasteiger partial charge in [-0.15, -0.1) is 0 Å². The molecule has 0 aliphatic rings. The van der Waals surface area contributed by atoms with Crippen LogP contribution in [0.15, 0.2) is 24.3 Å². The summed E-state index contributed by atoms with van der Waals surface area (Å²) in [4.78, 5) is 35.2. The second-order valence-corrected chi connectivity index (χ2v) is 5.02. The summed E-state index contributed by atoms with van der Waals surface area (Å²) >= 11 is 0. The zero-order chi connectivity index (χ0) is 17.2. The van der Waals surface area contributed by atoms with Crippen LogP contribution in [-0.4, -0.2) is 50.7 Å². The molecule has 1 rings (SSSR count). The van der Waals surface area contributed by atoms with Crippen molar-refractivity contribution in [1.29, 1.82) is 0 Å². The van der Waals surface area contributed by atoms with Crippen LogP contribution in [0.25, 0.3) is 0 Å². The zero-order valence-electron chi connectivity index (χ0n) is 13.5. The number of nitrogens with one attached hydrogen (secondary N) is 2. The molecule has 0 radical (unpaired) electrons. The Balaban J connectivity index is 2.39. The average Bonchev–Trinajstić information content (AvgIpc) is 2.52. The third-order valence-electron chi connectivity index (χ3n) is 2.96. The molecule has 1 aromatic carbocycles. The van der Waals surface area contributed by atoms with E-state index < -0.39 is 24.5 Å². The summed E-state index contributed by atoms with van der Waals surface area (Å²) in [6.07, 6.45) is 0. The molecule has 2 amide bonds. The molecule has 2 N–H and O–H groups in total. The number of benzene rings is 1. The van der Waals surface area contributed by atoms with Crippen molar-refractivity contribution in [3.05, 3.63) is 35.4 Å². The van der Waals surface area contributed by atoms with Crippen LogP contribution in [0.5, 0.6) is 0 Å². The number of esters is 1. The van der Waals surface area contributed by atoms with Crippen LogP contribution in [0.3, 0.4) is 0 Å². The lowest BCUT2D eigenvalue weighted by Crippen LogP contribution is -2.41. The number of rotatable bonds is 8. The zero-order valence-corrected chi connectivity index (χ0v) is 13.5. The normalized spacial score (nSPS) is 11.4. The molecular formula is C16H22N2O5. The van der Waals surface area contributed by atoms with Gasteiger partial charge in [0.15, 0.2) is 6.61 Å². The third kappa shape index (κ3) is 6.92. The average molecular weight is 322 g/mol. The fourth-order valence-electron chi connectivity index (χ4n) is 1.73. The maximum absolute atomic E-state index is 12.0. The highest BCUT2D eigenvalue weighted by Crippen LogP contribution is 2.04. The number of methoxy groups -OCH3 is 1. The predicted octanol–water partition coefficient (Wildman–Crippen LogP) is 0.419. The minimum atomic E-state index is -0.852. The summed E-state index contributed by atoms with van der Waals surface area (Å²) in [6, 6.07) is 6.16. The standard InChI is InChI=1S/C16H22N2O5/c1-11-5-4-6-13(9-11)15(20)18-12(2)16(21)23-10-14(19)17-7-8-22-3/h4-6,9,12H,7-8,10H2,1-3H3,(H,17,19)(H,18,20)/t12-/m0/s1. The molecule has 0 aromatic heterocycles. The van der Waals surface area contributed by atoms with E-state index >= 15 is 0 Å². The molecule has 7 nitrogen and oxygen atoms in total. The summed E-state index contributed by atoms with van der Waals surface area (Å²) in [6.45, 7) is 3.69. The number of amides is 2. The van der Waals surface area contributed by atoms with Crippen LogP contribution in [0.1, 0.15) is 22.8 Å². The van der Waals surface area contributed by atoms with E-state index in [0.717, 1.165) is 5.56 Å². The van der Waals surface area contributed by atoms with Crippen molar-refractivity contribution in [2.75, 3.05) is 26.9 Å². The number of aryl methyl sites for hydroxylation is 1. The van der Waals surface area contributed by atoms with E-state index in [1.165, 1.54) is 14.0 Å². The first kappa shape index (κ1) is 18.6. The smallest absolute Gasteiger partial charge is 0.328 e. The van der Waals surface area contributed by atoms with Crippen LogP contribution in [0, 0.1) is 6.92 Å². The van der Waals surface area contributed by atoms with Gasteiger partial charge in [0.2, 0.25) is 0 Å². The van der Waals surface area contributed by atoms with Gasteiger partial charge in [0.25, 0.3) is 11.8 Å². The maximum Gasteiger partial charge on any atom is 0.328 e. The van der Waals surface area contributed by atoms with E-state index in [1.54, 1.807) is 18.2 Å². The number of ether oxygens (including phenoxy) is 2. The molecule has 0 fully saturated rings. The van der Waals surface area contributed by atoms with E-state index in [9.17, 15) is 14.4 Å². The molecule has 23 heavy (non-hydrogen) atoms. The van der Waals surface area contributed by atoms with Gasteiger partial charge >= 0.3 is 5.97 Å². The van der Waals surface area contributed by atoms with E-state index in [-0.39, 0.29) is 5.91 Å². The number of hydrogen-bond acceptors (Lipinski definition) is 5. The molecule has 0 aliphatic heterocycles. The third-order valence-corrected chi connectivity index (χ3v) is 2.96. The minimum Gasteiger partial charge on any atom is -0.454 e. The Kier molecular flexibility index (Phi) is 7.76. The SMILES string of the molecule is COCCNC(=O)COC(=O)[C@H](C)NC(=O)c1cccc(C)c1. The summed E-state index contributed by atoms with van der Waals surface area (Å²) in [5, 5.41) is 5.06. The Morgan fingerprint density at radius 3 is 2.65 bits per heavy atom. The van der Waals surface area contributed by atoms with Crippen molar-refractivity contribution in [1.82, 2.24) is 10.6 Å². The Labute approximate surface area is 135 Å². The molecule has 0 bridgehead atoms. The molecule has 1 aromatic rings. The lowest BCUT2D eigenvalue weighted by atomic mass is 10.1. The Morgan fingerprint density at radius 1 is 1.26 bits per heavy atom. The topological polar surface area (TPSA) is 93.7 Å². The Bertz CT molecular complexity index is 559. The van der Waals surface area contributed by atoms with Gasteiger partial charge in [-0.2, -0.15) is 0 Å². The minimum absolute atomic E-state index is 0.340. The Hall–Kier alpha value is -2.41. The molecule has 7 heteroatoms. The van der Waals surface area contributed by atoms with E-state index in [4.69, 9.17) is 9.47 Å². The van der Waals surface area contributed by atoms with Crippen molar-refractivity contribution < 1.29 is 23.9 Å². The van der Waals surface area contributed by atoms with E-state index in [1.807, 2.05) is 13.0 Å². The van der Waals surface area contributed by atoms with Crippen LogP contribution < -0.4 is 10.6 Å². The van der Waals surface area contributed by atoms with Gasteiger partial charge in [-0.25, -0.2) is 4.79 Å². The van der Waals surface area contributed by atoms with Crippen molar-refractivity contribution in [2.45, 2.75) is 19.9 Å². The number of hydrogen-bond donors (Lipinski definition) is 2. The first-order valence-electron chi connectivity index (χ1n) is 7.24. The van der Waals surface area contributed by atoms with Gasteiger partial charge in [-0.05, 0) is 26.0 Å². The van der Waals surface area contributed by atoms with Gasteiger partial charge in [-0.1, -0.05) is 17.7 Å². The van der Waals surface area contributed by atoms with Crippen LogP contribution >= 0.6 is 0 Å². The van der Waals surface area contributed by atoms with Gasteiger partial charge < -0.3 is 20.1 Å². The van der Waals surface area contributed by atoms with Crippen LogP contribution in [0.2, 0.25) is 0 Å². The van der Waals surface area contributed by atoms with E-state index in [0.29, 0.717) is 18.7 Å². The fraction of sp³-hybridized carbons (Fsp3) is 0.438. The van der Waals surface area contributed by atoms with Crippen LogP contribution in [-0.2, 0) is 19.1 Å². The molecule has 0 unspecified atom stereocenters. The predicted molar refractivity (Wildman–Crippen MR) is 84.0 cm³/mol. The summed E-state index contributed by atoms with van der Waals surface area (Å²) in [5.74, 6) is -1.47. The lowest BCUT2D eigenvalue weighted by molar-refractivity contribution is -0.150. The van der Waals surface area contributed by atoms with E-state index in [2.05, 4.69) is 10.6 Å². The first-order chi connectivity index (χ1) is 10.9. The highest BCUT2D eigenvalue weighted by molar-refractivity contribution is 5.97. The quantitative estimate of drug-likeness (QED) is 0.534.